The van der Waals surface area contributed by atoms with Crippen molar-refractivity contribution in [2.75, 3.05) is 6.61 Å². The predicted octanol–water partition coefficient (Wildman–Crippen LogP) is 4.46. The Morgan fingerprint density at radius 2 is 2.00 bits per heavy atom. The van der Waals surface area contributed by atoms with Crippen LogP contribution in [0.2, 0.25) is 0 Å². The highest BCUT2D eigenvalue weighted by molar-refractivity contribution is 5.84. The monoisotopic (exact) mass is 390 g/mol. The Labute approximate surface area is 167 Å². The number of benzene rings is 2. The number of carbonyl (C=O) groups is 1. The summed E-state index contributed by atoms with van der Waals surface area (Å²) in [5, 5.41) is 0.843. The van der Waals surface area contributed by atoms with Crippen molar-refractivity contribution in [3.63, 3.8) is 0 Å². The smallest absolute Gasteiger partial charge is 0.347 e. The van der Waals surface area contributed by atoms with Crippen molar-refractivity contribution in [3.8, 4) is 11.4 Å². The predicted molar refractivity (Wildman–Crippen MR) is 112 cm³/mol. The van der Waals surface area contributed by atoms with E-state index < -0.39 is 5.63 Å². The van der Waals surface area contributed by atoms with Gasteiger partial charge in [-0.2, -0.15) is 0 Å². The van der Waals surface area contributed by atoms with Gasteiger partial charge in [-0.3, -0.25) is 4.79 Å². The van der Waals surface area contributed by atoms with Crippen LogP contribution in [0, 0.1) is 6.92 Å². The maximum Gasteiger partial charge on any atom is 0.347 e. The van der Waals surface area contributed by atoms with Gasteiger partial charge in [0.25, 0.3) is 0 Å². The molecule has 0 spiro atoms. The maximum atomic E-state index is 12.7. The average Bonchev–Trinajstić information content (AvgIpc) is 3.06. The van der Waals surface area contributed by atoms with Gasteiger partial charge in [-0.15, -0.1) is 0 Å². The molecule has 29 heavy (non-hydrogen) atoms. The number of hydrogen-bond donors (Lipinski definition) is 0. The molecule has 0 fully saturated rings. The van der Waals surface area contributed by atoms with Crippen LogP contribution in [0.15, 0.2) is 57.7 Å². The Balaban J connectivity index is 1.78. The second-order valence-electron chi connectivity index (χ2n) is 6.97. The molecule has 6 heteroatoms. The lowest BCUT2D eigenvalue weighted by molar-refractivity contribution is -0.143. The van der Waals surface area contributed by atoms with Crippen molar-refractivity contribution in [3.05, 3.63) is 64.5 Å². The Kier molecular flexibility index (Phi) is 5.16. The Morgan fingerprint density at radius 1 is 1.17 bits per heavy atom. The summed E-state index contributed by atoms with van der Waals surface area (Å²) in [6.45, 7) is 4.66. The van der Waals surface area contributed by atoms with E-state index in [9.17, 15) is 9.59 Å². The van der Waals surface area contributed by atoms with Crippen molar-refractivity contribution in [1.29, 1.82) is 0 Å². The van der Waals surface area contributed by atoms with E-state index in [2.05, 4.69) is 4.98 Å². The second kappa shape index (κ2) is 7.91. The fourth-order valence-corrected chi connectivity index (χ4v) is 3.50. The van der Waals surface area contributed by atoms with Crippen LogP contribution in [0.4, 0.5) is 0 Å². The maximum absolute atomic E-state index is 12.7. The Hall–Kier alpha value is -3.41. The quantitative estimate of drug-likeness (QED) is 0.359. The molecule has 0 aliphatic heterocycles. The van der Waals surface area contributed by atoms with Crippen LogP contribution in [0.25, 0.3) is 33.4 Å². The minimum atomic E-state index is -0.426. The molecule has 148 valence electrons. The van der Waals surface area contributed by atoms with Gasteiger partial charge in [0.05, 0.1) is 17.6 Å². The number of aromatic nitrogens is 2. The summed E-state index contributed by atoms with van der Waals surface area (Å²) in [6, 6.07) is 15.3. The van der Waals surface area contributed by atoms with Crippen LogP contribution in [-0.2, 0) is 16.1 Å². The molecule has 0 bridgehead atoms. The van der Waals surface area contributed by atoms with Gasteiger partial charge in [0.15, 0.2) is 0 Å². The number of imidazole rings is 1. The van der Waals surface area contributed by atoms with Crippen molar-refractivity contribution in [2.45, 2.75) is 33.2 Å². The van der Waals surface area contributed by atoms with Gasteiger partial charge in [0.2, 0.25) is 0 Å². The summed E-state index contributed by atoms with van der Waals surface area (Å²) in [7, 11) is 0. The first-order valence-electron chi connectivity index (χ1n) is 9.72. The fourth-order valence-electron chi connectivity index (χ4n) is 3.50. The van der Waals surface area contributed by atoms with E-state index in [-0.39, 0.29) is 5.97 Å². The van der Waals surface area contributed by atoms with Gasteiger partial charge in [0, 0.05) is 18.4 Å². The number of nitrogens with zero attached hydrogens (tertiary/aromatic N) is 2. The van der Waals surface area contributed by atoms with Gasteiger partial charge >= 0.3 is 11.6 Å². The molecule has 0 saturated carbocycles. The molecule has 6 nitrogen and oxygen atoms in total. The van der Waals surface area contributed by atoms with E-state index in [1.54, 1.807) is 6.92 Å². The lowest BCUT2D eigenvalue weighted by Gasteiger charge is -2.09. The van der Waals surface area contributed by atoms with E-state index in [1.807, 2.05) is 60.0 Å². The third kappa shape index (κ3) is 3.78. The zero-order chi connectivity index (χ0) is 20.4. The summed E-state index contributed by atoms with van der Waals surface area (Å²) in [6.07, 6.45) is 0.899. The highest BCUT2D eigenvalue weighted by atomic mass is 16.5. The van der Waals surface area contributed by atoms with Gasteiger partial charge < -0.3 is 13.7 Å². The van der Waals surface area contributed by atoms with Crippen LogP contribution in [0.1, 0.15) is 25.3 Å². The van der Waals surface area contributed by atoms with Crippen LogP contribution in [0.5, 0.6) is 0 Å². The zero-order valence-corrected chi connectivity index (χ0v) is 16.5. The Morgan fingerprint density at radius 3 is 2.83 bits per heavy atom. The summed E-state index contributed by atoms with van der Waals surface area (Å²) in [5.41, 5.74) is 3.28. The first-order valence-corrected chi connectivity index (χ1v) is 9.72. The van der Waals surface area contributed by atoms with Crippen LogP contribution < -0.4 is 5.63 Å². The molecule has 2 heterocycles. The molecule has 0 saturated heterocycles. The van der Waals surface area contributed by atoms with E-state index >= 15 is 0 Å². The van der Waals surface area contributed by atoms with E-state index in [0.717, 1.165) is 22.0 Å². The van der Waals surface area contributed by atoms with Gasteiger partial charge in [-0.05, 0) is 50.1 Å². The number of hydrogen-bond acceptors (Lipinski definition) is 5. The number of fused-ring (bicyclic) bond motifs is 2. The van der Waals surface area contributed by atoms with E-state index in [0.29, 0.717) is 43.0 Å². The number of para-hydroxylation sites is 2. The largest absolute Gasteiger partial charge is 0.466 e. The van der Waals surface area contributed by atoms with Crippen molar-refractivity contribution in [2.24, 2.45) is 0 Å². The highest BCUT2D eigenvalue weighted by Crippen LogP contribution is 2.26. The molecule has 0 radical (unpaired) electrons. The summed E-state index contributed by atoms with van der Waals surface area (Å²) < 4.78 is 12.6. The lowest BCUT2D eigenvalue weighted by atomic mass is 10.1. The normalized spacial score (nSPS) is 11.2. The summed E-state index contributed by atoms with van der Waals surface area (Å²) in [4.78, 5) is 29.1. The number of carbonyl (C=O) groups excluding carboxylic acids is 1. The number of esters is 1. The second-order valence-corrected chi connectivity index (χ2v) is 6.97. The number of rotatable bonds is 6. The molecular formula is C23H22N2O4. The van der Waals surface area contributed by atoms with E-state index in [1.165, 1.54) is 0 Å². The van der Waals surface area contributed by atoms with Crippen LogP contribution in [0.3, 0.4) is 0 Å². The SMILES string of the molecule is CCOC(=O)CCCn1c(-c2cc3ccc(C)cc3oc2=O)nc2ccccc21. The topological polar surface area (TPSA) is 74.3 Å². The standard InChI is InChI=1S/C23H22N2O4/c1-3-28-21(26)9-6-12-25-19-8-5-4-7-18(19)24-22(25)17-14-16-11-10-15(2)13-20(16)29-23(17)27/h4-5,7-8,10-11,13-14H,3,6,9,12H2,1-2H3. The molecule has 4 rings (SSSR count). The van der Waals surface area contributed by atoms with Crippen molar-refractivity contribution >= 4 is 28.0 Å². The molecule has 2 aromatic heterocycles. The summed E-state index contributed by atoms with van der Waals surface area (Å²) >= 11 is 0. The van der Waals surface area contributed by atoms with Crippen LogP contribution >= 0.6 is 0 Å². The highest BCUT2D eigenvalue weighted by Gasteiger charge is 2.17. The van der Waals surface area contributed by atoms with Crippen LogP contribution in [-0.4, -0.2) is 22.1 Å². The number of ether oxygens (including phenoxy) is 1. The fraction of sp³-hybridized carbons (Fsp3) is 0.261. The molecule has 0 amide bonds. The first kappa shape index (κ1) is 18.9. The molecule has 2 aromatic carbocycles. The molecule has 0 aliphatic rings. The van der Waals surface area contributed by atoms with Gasteiger partial charge in [0.1, 0.15) is 17.0 Å². The molecule has 0 aliphatic carbocycles. The molecule has 0 atom stereocenters. The van der Waals surface area contributed by atoms with E-state index in [4.69, 9.17) is 9.15 Å². The Bertz CT molecular complexity index is 1250. The molecule has 0 N–H and O–H groups in total. The van der Waals surface area contributed by atoms with Crippen molar-refractivity contribution in [1.82, 2.24) is 9.55 Å². The van der Waals surface area contributed by atoms with Crippen molar-refractivity contribution < 1.29 is 13.9 Å². The van der Waals surface area contributed by atoms with Gasteiger partial charge in [-0.1, -0.05) is 24.3 Å². The average molecular weight is 390 g/mol. The lowest BCUT2D eigenvalue weighted by Crippen LogP contribution is -2.10. The third-order valence-electron chi connectivity index (χ3n) is 4.85. The number of aryl methyl sites for hydroxylation is 2. The van der Waals surface area contributed by atoms with Gasteiger partial charge in [-0.25, -0.2) is 9.78 Å². The first-order chi connectivity index (χ1) is 14.1. The third-order valence-corrected chi connectivity index (χ3v) is 4.85. The molecular weight excluding hydrogens is 368 g/mol. The molecule has 0 unspecified atom stereocenters. The zero-order valence-electron chi connectivity index (χ0n) is 16.5. The minimum absolute atomic E-state index is 0.223. The summed E-state index contributed by atoms with van der Waals surface area (Å²) in [5.74, 6) is 0.324. The molecule has 4 aromatic rings. The minimum Gasteiger partial charge on any atom is -0.466 e.